The lowest BCUT2D eigenvalue weighted by Gasteiger charge is -2.37. The highest BCUT2D eigenvalue weighted by Crippen LogP contribution is 2.38. The lowest BCUT2D eigenvalue weighted by atomic mass is 9.78. The van der Waals surface area contributed by atoms with E-state index in [1.54, 1.807) is 0 Å². The van der Waals surface area contributed by atoms with E-state index in [1.165, 1.54) is 48.4 Å². The fraction of sp³-hybridized carbons (Fsp3) is 0.565. The van der Waals surface area contributed by atoms with Gasteiger partial charge in [0.1, 0.15) is 0 Å². The lowest BCUT2D eigenvalue weighted by Crippen LogP contribution is -2.32. The Balaban J connectivity index is 1.72. The average Bonchev–Trinajstić information content (AvgIpc) is 2.61. The highest BCUT2D eigenvalue weighted by Gasteiger charge is 2.31. The topological polar surface area (TPSA) is 9.23 Å². The van der Waals surface area contributed by atoms with Crippen molar-refractivity contribution in [3.05, 3.63) is 46.4 Å². The molecule has 0 heterocycles. The molecule has 136 valence electrons. The van der Waals surface area contributed by atoms with Crippen LogP contribution in [0.3, 0.4) is 0 Å². The van der Waals surface area contributed by atoms with E-state index in [4.69, 9.17) is 4.74 Å². The Kier molecular flexibility index (Phi) is 5.90. The SMILES string of the molecule is CCC(C)C1CCC(OC(C)(C)c2cc(Br)c3ccccc3c2)CC1. The van der Waals surface area contributed by atoms with Crippen LogP contribution in [0.4, 0.5) is 0 Å². The molecule has 0 spiro atoms. The van der Waals surface area contributed by atoms with Crippen LogP contribution in [0.1, 0.15) is 65.4 Å². The van der Waals surface area contributed by atoms with Crippen LogP contribution in [0.25, 0.3) is 10.8 Å². The van der Waals surface area contributed by atoms with Crippen molar-refractivity contribution < 1.29 is 4.74 Å². The molecule has 0 aromatic heterocycles. The van der Waals surface area contributed by atoms with Crippen molar-refractivity contribution >= 4 is 26.7 Å². The summed E-state index contributed by atoms with van der Waals surface area (Å²) in [6.07, 6.45) is 6.72. The van der Waals surface area contributed by atoms with Crippen molar-refractivity contribution in [2.24, 2.45) is 11.8 Å². The molecule has 1 nitrogen and oxygen atoms in total. The zero-order valence-electron chi connectivity index (χ0n) is 16.0. The summed E-state index contributed by atoms with van der Waals surface area (Å²) in [5.74, 6) is 1.74. The molecule has 0 amide bonds. The van der Waals surface area contributed by atoms with E-state index in [0.29, 0.717) is 6.10 Å². The Morgan fingerprint density at radius 3 is 2.48 bits per heavy atom. The second-order valence-electron chi connectivity index (χ2n) is 8.23. The number of halogens is 1. The molecule has 2 heteroatoms. The minimum absolute atomic E-state index is 0.263. The van der Waals surface area contributed by atoms with Gasteiger partial charge < -0.3 is 4.74 Å². The summed E-state index contributed by atoms with van der Waals surface area (Å²) in [6.45, 7) is 9.14. The average molecular weight is 403 g/mol. The van der Waals surface area contributed by atoms with E-state index in [2.05, 4.69) is 80.0 Å². The zero-order valence-corrected chi connectivity index (χ0v) is 17.6. The molecule has 0 N–H and O–H groups in total. The molecule has 1 saturated carbocycles. The maximum Gasteiger partial charge on any atom is 0.0879 e. The molecule has 0 radical (unpaired) electrons. The Morgan fingerprint density at radius 2 is 1.80 bits per heavy atom. The summed E-state index contributed by atoms with van der Waals surface area (Å²) in [7, 11) is 0. The smallest absolute Gasteiger partial charge is 0.0879 e. The molecule has 0 bridgehead atoms. The Labute approximate surface area is 161 Å². The highest BCUT2D eigenvalue weighted by molar-refractivity contribution is 9.10. The van der Waals surface area contributed by atoms with Gasteiger partial charge in [0, 0.05) is 4.47 Å². The summed E-state index contributed by atoms with van der Waals surface area (Å²) in [5.41, 5.74) is 0.989. The van der Waals surface area contributed by atoms with Crippen molar-refractivity contribution in [1.82, 2.24) is 0 Å². The molecule has 1 aliphatic carbocycles. The van der Waals surface area contributed by atoms with E-state index in [0.717, 1.165) is 16.3 Å². The maximum absolute atomic E-state index is 6.61. The van der Waals surface area contributed by atoms with Crippen molar-refractivity contribution in [2.75, 3.05) is 0 Å². The van der Waals surface area contributed by atoms with E-state index in [-0.39, 0.29) is 5.60 Å². The quantitative estimate of drug-likeness (QED) is 0.503. The third kappa shape index (κ3) is 4.28. The van der Waals surface area contributed by atoms with Gasteiger partial charge in [-0.05, 0) is 79.8 Å². The molecule has 0 aliphatic heterocycles. The summed E-state index contributed by atoms with van der Waals surface area (Å²) >= 11 is 3.74. The number of benzene rings is 2. The molecule has 2 aromatic rings. The van der Waals surface area contributed by atoms with Crippen molar-refractivity contribution in [3.63, 3.8) is 0 Å². The van der Waals surface area contributed by atoms with Gasteiger partial charge in [0.25, 0.3) is 0 Å². The summed E-state index contributed by atoms with van der Waals surface area (Å²) < 4.78 is 7.76. The molecule has 0 saturated heterocycles. The van der Waals surface area contributed by atoms with Gasteiger partial charge in [0.15, 0.2) is 0 Å². The third-order valence-corrected chi connectivity index (χ3v) is 6.79. The van der Waals surface area contributed by atoms with Crippen molar-refractivity contribution in [3.8, 4) is 0 Å². The van der Waals surface area contributed by atoms with E-state index in [1.807, 2.05) is 0 Å². The van der Waals surface area contributed by atoms with Gasteiger partial charge in [-0.2, -0.15) is 0 Å². The molecular formula is C23H31BrO. The van der Waals surface area contributed by atoms with Crippen LogP contribution in [0, 0.1) is 11.8 Å². The first-order valence-electron chi connectivity index (χ1n) is 9.77. The molecule has 2 aromatic carbocycles. The van der Waals surface area contributed by atoms with Crippen molar-refractivity contribution in [2.45, 2.75) is 71.5 Å². The Morgan fingerprint density at radius 1 is 1.12 bits per heavy atom. The fourth-order valence-electron chi connectivity index (χ4n) is 4.20. The Bertz CT molecular complexity index is 713. The standard InChI is InChI=1S/C23H31BrO/c1-5-16(2)17-10-12-20(13-11-17)25-23(3,4)19-14-18-8-6-7-9-21(18)22(24)15-19/h6-9,14-17,20H,5,10-13H2,1-4H3. The first-order chi connectivity index (χ1) is 11.9. The van der Waals surface area contributed by atoms with Crippen LogP contribution in [-0.4, -0.2) is 6.10 Å². The second-order valence-corrected chi connectivity index (χ2v) is 9.08. The van der Waals surface area contributed by atoms with Crippen LogP contribution in [0.2, 0.25) is 0 Å². The lowest BCUT2D eigenvalue weighted by molar-refractivity contribution is -0.0955. The maximum atomic E-state index is 6.61. The van der Waals surface area contributed by atoms with Crippen LogP contribution in [0.15, 0.2) is 40.9 Å². The minimum atomic E-state index is -0.263. The molecule has 1 atom stereocenters. The predicted octanol–water partition coefficient (Wildman–Crippen LogP) is 7.46. The number of rotatable bonds is 5. The molecule has 3 rings (SSSR count). The van der Waals surface area contributed by atoms with Gasteiger partial charge in [-0.3, -0.25) is 0 Å². The number of hydrogen-bond acceptors (Lipinski definition) is 1. The van der Waals surface area contributed by atoms with Crippen molar-refractivity contribution in [1.29, 1.82) is 0 Å². The fourth-order valence-corrected chi connectivity index (χ4v) is 4.81. The summed E-state index contributed by atoms with van der Waals surface area (Å²) in [6, 6.07) is 13.0. The largest absolute Gasteiger partial charge is 0.368 e. The second kappa shape index (κ2) is 7.80. The van der Waals surface area contributed by atoms with Gasteiger partial charge in [0.2, 0.25) is 0 Å². The van der Waals surface area contributed by atoms with Gasteiger partial charge in [-0.1, -0.05) is 60.5 Å². The van der Waals surface area contributed by atoms with Crippen LogP contribution in [-0.2, 0) is 10.3 Å². The van der Waals surface area contributed by atoms with E-state index in [9.17, 15) is 0 Å². The third-order valence-electron chi connectivity index (χ3n) is 6.14. The van der Waals surface area contributed by atoms with Gasteiger partial charge in [-0.25, -0.2) is 0 Å². The number of fused-ring (bicyclic) bond motifs is 1. The predicted molar refractivity (Wildman–Crippen MR) is 111 cm³/mol. The number of ether oxygens (including phenoxy) is 1. The summed E-state index contributed by atoms with van der Waals surface area (Å²) in [5, 5.41) is 2.53. The van der Waals surface area contributed by atoms with E-state index >= 15 is 0 Å². The first-order valence-corrected chi connectivity index (χ1v) is 10.6. The monoisotopic (exact) mass is 402 g/mol. The molecule has 1 aliphatic rings. The highest BCUT2D eigenvalue weighted by atomic mass is 79.9. The first kappa shape index (κ1) is 18.9. The van der Waals surface area contributed by atoms with E-state index < -0.39 is 0 Å². The number of hydrogen-bond donors (Lipinski definition) is 0. The normalized spacial score (nSPS) is 22.9. The van der Waals surface area contributed by atoms with Crippen LogP contribution >= 0.6 is 15.9 Å². The van der Waals surface area contributed by atoms with Gasteiger partial charge >= 0.3 is 0 Å². The molecular weight excluding hydrogens is 372 g/mol. The van der Waals surface area contributed by atoms with Crippen LogP contribution in [0.5, 0.6) is 0 Å². The van der Waals surface area contributed by atoms with Crippen LogP contribution < -0.4 is 0 Å². The van der Waals surface area contributed by atoms with Gasteiger partial charge in [-0.15, -0.1) is 0 Å². The zero-order chi connectivity index (χ0) is 18.0. The minimum Gasteiger partial charge on any atom is -0.368 e. The molecule has 1 unspecified atom stereocenters. The molecule has 25 heavy (non-hydrogen) atoms. The van der Waals surface area contributed by atoms with Gasteiger partial charge in [0.05, 0.1) is 11.7 Å². The molecule has 1 fully saturated rings. The Hall–Kier alpha value is -0.860. The summed E-state index contributed by atoms with van der Waals surface area (Å²) in [4.78, 5) is 0.